The maximum atomic E-state index is 11.4. The number of carbonyl (C=O) groups is 1. The Hall–Kier alpha value is -0.420. The molecule has 0 aromatic rings. The Balaban J connectivity index is 3.55. The van der Waals surface area contributed by atoms with Crippen molar-refractivity contribution in [3.05, 3.63) is 0 Å². The van der Waals surface area contributed by atoms with E-state index in [2.05, 4.69) is 23.8 Å². The minimum absolute atomic E-state index is 0.268. The molecule has 1 unspecified atom stereocenters. The summed E-state index contributed by atoms with van der Waals surface area (Å²) in [6.45, 7) is 9.20. The molecule has 0 rings (SSSR count). The Morgan fingerprint density at radius 3 is 2.59 bits per heavy atom. The summed E-state index contributed by atoms with van der Waals surface area (Å²) in [5, 5.41) is 6.10. The second-order valence-electron chi connectivity index (χ2n) is 5.08. The number of hydrogen-bond acceptors (Lipinski definition) is 4. The van der Waals surface area contributed by atoms with Gasteiger partial charge in [-0.1, -0.05) is 0 Å². The van der Waals surface area contributed by atoms with E-state index < -0.39 is 5.60 Å². The molecule has 0 aromatic carbocycles. The highest BCUT2D eigenvalue weighted by Gasteiger charge is 2.16. The zero-order valence-electron chi connectivity index (χ0n) is 11.6. The largest absolute Gasteiger partial charge is 0.444 e. The highest BCUT2D eigenvalue weighted by atomic mass is 32.2. The van der Waals surface area contributed by atoms with Crippen LogP contribution in [0.3, 0.4) is 0 Å². The van der Waals surface area contributed by atoms with Crippen molar-refractivity contribution in [1.82, 2.24) is 10.6 Å². The van der Waals surface area contributed by atoms with Crippen LogP contribution in [0.4, 0.5) is 4.79 Å². The van der Waals surface area contributed by atoms with Crippen LogP contribution in [-0.2, 0) is 4.74 Å². The molecule has 0 saturated carbocycles. The van der Waals surface area contributed by atoms with E-state index in [0.29, 0.717) is 6.54 Å². The summed E-state index contributed by atoms with van der Waals surface area (Å²) >= 11 is 1.85. The minimum atomic E-state index is -0.431. The molecule has 0 aliphatic rings. The number of thioether (sulfide) groups is 1. The van der Waals surface area contributed by atoms with Gasteiger partial charge in [-0.15, -0.1) is 0 Å². The SMILES string of the molecule is CSCCCNC(C)CNC(=O)OC(C)(C)C. The van der Waals surface area contributed by atoms with Crippen molar-refractivity contribution in [2.45, 2.75) is 45.8 Å². The molecule has 1 amide bonds. The smallest absolute Gasteiger partial charge is 0.407 e. The summed E-state index contributed by atoms with van der Waals surface area (Å²) in [5.41, 5.74) is -0.431. The first-order valence-electron chi connectivity index (χ1n) is 6.04. The Labute approximate surface area is 109 Å². The van der Waals surface area contributed by atoms with E-state index in [9.17, 15) is 4.79 Å². The molecule has 0 aliphatic carbocycles. The highest BCUT2D eigenvalue weighted by Crippen LogP contribution is 2.06. The topological polar surface area (TPSA) is 50.4 Å². The van der Waals surface area contributed by atoms with Crippen LogP contribution in [0.2, 0.25) is 0 Å². The van der Waals surface area contributed by atoms with Crippen molar-refractivity contribution in [1.29, 1.82) is 0 Å². The molecule has 5 heteroatoms. The first-order valence-corrected chi connectivity index (χ1v) is 7.43. The fourth-order valence-corrected chi connectivity index (χ4v) is 1.62. The number of hydrogen-bond donors (Lipinski definition) is 2. The third-order valence-electron chi connectivity index (χ3n) is 1.97. The number of amides is 1. The van der Waals surface area contributed by atoms with E-state index in [1.165, 1.54) is 5.75 Å². The zero-order chi connectivity index (χ0) is 13.3. The maximum Gasteiger partial charge on any atom is 0.407 e. The quantitative estimate of drug-likeness (QED) is 0.691. The summed E-state index contributed by atoms with van der Waals surface area (Å²) < 4.78 is 5.15. The Morgan fingerprint density at radius 2 is 2.06 bits per heavy atom. The molecule has 0 aliphatic heterocycles. The number of alkyl carbamates (subject to hydrolysis) is 1. The van der Waals surface area contributed by atoms with Crippen molar-refractivity contribution in [2.75, 3.05) is 25.1 Å². The van der Waals surface area contributed by atoms with Gasteiger partial charge < -0.3 is 15.4 Å². The maximum absolute atomic E-state index is 11.4. The molecule has 2 N–H and O–H groups in total. The van der Waals surface area contributed by atoms with Gasteiger partial charge in [0.05, 0.1) is 0 Å². The molecule has 0 aromatic heterocycles. The lowest BCUT2D eigenvalue weighted by molar-refractivity contribution is 0.0523. The van der Waals surface area contributed by atoms with Gasteiger partial charge in [-0.05, 0) is 52.7 Å². The van der Waals surface area contributed by atoms with E-state index >= 15 is 0 Å². The normalized spacial score (nSPS) is 13.2. The molecule has 0 bridgehead atoms. The second kappa shape index (κ2) is 8.64. The monoisotopic (exact) mass is 262 g/mol. The zero-order valence-corrected chi connectivity index (χ0v) is 12.4. The summed E-state index contributed by atoms with van der Waals surface area (Å²) in [6, 6.07) is 0.268. The summed E-state index contributed by atoms with van der Waals surface area (Å²) in [5.74, 6) is 1.17. The van der Waals surface area contributed by atoms with Gasteiger partial charge in [0, 0.05) is 12.6 Å². The van der Waals surface area contributed by atoms with Crippen LogP contribution in [0.15, 0.2) is 0 Å². The van der Waals surface area contributed by atoms with Gasteiger partial charge in [-0.25, -0.2) is 4.79 Å². The van der Waals surface area contributed by atoms with Gasteiger partial charge in [0.2, 0.25) is 0 Å². The van der Waals surface area contributed by atoms with Crippen molar-refractivity contribution < 1.29 is 9.53 Å². The van der Waals surface area contributed by atoms with Crippen LogP contribution >= 0.6 is 11.8 Å². The van der Waals surface area contributed by atoms with Gasteiger partial charge in [-0.3, -0.25) is 0 Å². The Bertz CT molecular complexity index is 217. The first kappa shape index (κ1) is 16.6. The lowest BCUT2D eigenvalue weighted by Gasteiger charge is -2.21. The number of rotatable bonds is 7. The van der Waals surface area contributed by atoms with Gasteiger partial charge in [0.25, 0.3) is 0 Å². The molecule has 0 fully saturated rings. The fraction of sp³-hybridized carbons (Fsp3) is 0.917. The van der Waals surface area contributed by atoms with Gasteiger partial charge in [0.1, 0.15) is 5.60 Å². The molecule has 0 spiro atoms. The Kier molecular flexibility index (Phi) is 8.43. The van der Waals surface area contributed by atoms with Gasteiger partial charge >= 0.3 is 6.09 Å². The molecule has 0 saturated heterocycles. The average molecular weight is 262 g/mol. The average Bonchev–Trinajstić information content (AvgIpc) is 2.19. The first-order chi connectivity index (χ1) is 7.85. The van der Waals surface area contributed by atoms with Crippen LogP contribution in [0.5, 0.6) is 0 Å². The summed E-state index contributed by atoms with van der Waals surface area (Å²) in [6.07, 6.45) is 2.90. The predicted octanol–water partition coefficient (Wildman–Crippen LogP) is 2.24. The highest BCUT2D eigenvalue weighted by molar-refractivity contribution is 7.98. The number of carbonyl (C=O) groups excluding carboxylic acids is 1. The molecule has 102 valence electrons. The van der Waals surface area contributed by atoms with E-state index in [-0.39, 0.29) is 12.1 Å². The van der Waals surface area contributed by atoms with E-state index in [0.717, 1.165) is 13.0 Å². The third kappa shape index (κ3) is 11.8. The number of ether oxygens (including phenoxy) is 1. The van der Waals surface area contributed by atoms with Crippen LogP contribution in [0.25, 0.3) is 0 Å². The van der Waals surface area contributed by atoms with Crippen molar-refractivity contribution in [2.24, 2.45) is 0 Å². The lowest BCUT2D eigenvalue weighted by atomic mass is 10.2. The molecule has 1 atom stereocenters. The molecule has 17 heavy (non-hydrogen) atoms. The van der Waals surface area contributed by atoms with Gasteiger partial charge in [-0.2, -0.15) is 11.8 Å². The van der Waals surface area contributed by atoms with Crippen molar-refractivity contribution in [3.63, 3.8) is 0 Å². The molecule has 4 nitrogen and oxygen atoms in total. The molecule has 0 radical (unpaired) electrons. The molecular weight excluding hydrogens is 236 g/mol. The van der Waals surface area contributed by atoms with E-state index in [1.54, 1.807) is 0 Å². The Morgan fingerprint density at radius 1 is 1.41 bits per heavy atom. The van der Waals surface area contributed by atoms with Crippen molar-refractivity contribution >= 4 is 17.9 Å². The van der Waals surface area contributed by atoms with Crippen LogP contribution < -0.4 is 10.6 Å². The summed E-state index contributed by atoms with van der Waals surface area (Å²) in [7, 11) is 0. The van der Waals surface area contributed by atoms with Crippen LogP contribution in [0.1, 0.15) is 34.1 Å². The minimum Gasteiger partial charge on any atom is -0.444 e. The predicted molar refractivity (Wildman–Crippen MR) is 74.7 cm³/mol. The van der Waals surface area contributed by atoms with Gasteiger partial charge in [0.15, 0.2) is 0 Å². The van der Waals surface area contributed by atoms with E-state index in [4.69, 9.17) is 4.74 Å². The molecule has 0 heterocycles. The standard InChI is InChI=1S/C12H26N2O2S/c1-10(13-7-6-8-17-5)9-14-11(15)16-12(2,3)4/h10,13H,6-9H2,1-5H3,(H,14,15). The summed E-state index contributed by atoms with van der Waals surface area (Å²) in [4.78, 5) is 11.4. The molecular formula is C12H26N2O2S. The van der Waals surface area contributed by atoms with E-state index in [1.807, 2.05) is 32.5 Å². The van der Waals surface area contributed by atoms with Crippen LogP contribution in [0, 0.1) is 0 Å². The lowest BCUT2D eigenvalue weighted by Crippen LogP contribution is -2.41. The third-order valence-corrected chi connectivity index (χ3v) is 2.67. The van der Waals surface area contributed by atoms with Crippen molar-refractivity contribution in [3.8, 4) is 0 Å². The number of nitrogens with one attached hydrogen (secondary N) is 2. The fourth-order valence-electron chi connectivity index (χ4n) is 1.19. The second-order valence-corrected chi connectivity index (χ2v) is 6.07. The van der Waals surface area contributed by atoms with Crippen LogP contribution in [-0.4, -0.2) is 42.8 Å².